The Hall–Kier alpha value is -2.21. The normalized spacial score (nSPS) is 26.8. The van der Waals surface area contributed by atoms with Gasteiger partial charge in [0.1, 0.15) is 0 Å². The highest BCUT2D eigenvalue weighted by Crippen LogP contribution is 2.46. The number of nitriles is 1. The van der Waals surface area contributed by atoms with Crippen LogP contribution in [0.2, 0.25) is 0 Å². The lowest BCUT2D eigenvalue weighted by Gasteiger charge is -2.35. The van der Waals surface area contributed by atoms with Crippen LogP contribution in [0.5, 0.6) is 0 Å². The molecule has 2 aromatic rings. The monoisotopic (exact) mass is 471 g/mol. The van der Waals surface area contributed by atoms with Crippen LogP contribution >= 0.6 is 0 Å². The van der Waals surface area contributed by atoms with Gasteiger partial charge in [-0.25, -0.2) is 9.97 Å². The molecule has 0 amide bonds. The number of hydrogen-bond donors (Lipinski definition) is 0. The van der Waals surface area contributed by atoms with Gasteiger partial charge in [-0.05, 0) is 86.7 Å². The van der Waals surface area contributed by atoms with Gasteiger partial charge >= 0.3 is 0 Å². The first-order valence-corrected chi connectivity index (χ1v) is 14.5. The molecule has 35 heavy (non-hydrogen) atoms. The van der Waals surface area contributed by atoms with Gasteiger partial charge < -0.3 is 0 Å². The Morgan fingerprint density at radius 3 is 2.03 bits per heavy atom. The molecule has 0 atom stereocenters. The first kappa shape index (κ1) is 25.9. The van der Waals surface area contributed by atoms with Crippen LogP contribution in [0.1, 0.15) is 133 Å². The van der Waals surface area contributed by atoms with E-state index in [0.717, 1.165) is 49.4 Å². The topological polar surface area (TPSA) is 49.6 Å². The zero-order chi connectivity index (χ0) is 24.5. The van der Waals surface area contributed by atoms with Crippen molar-refractivity contribution in [2.45, 2.75) is 122 Å². The molecular weight excluding hydrogens is 426 g/mol. The molecule has 4 rings (SSSR count). The van der Waals surface area contributed by atoms with Crippen LogP contribution in [0.15, 0.2) is 36.7 Å². The van der Waals surface area contributed by atoms with Crippen molar-refractivity contribution < 1.29 is 0 Å². The largest absolute Gasteiger partial charge is 0.236 e. The molecule has 1 aromatic carbocycles. The number of nitrogens with zero attached hydrogens (tertiary/aromatic N) is 3. The molecule has 0 unspecified atom stereocenters. The SMILES string of the molecule is CCCCC[C@]1(C#N)CC[C@H](c2ccc(-c3ncc([C@H]4CC[C@H](CCCC)CC4)cn3)cc2)CC1. The molecule has 0 N–H and O–H groups in total. The number of aromatic nitrogens is 2. The van der Waals surface area contributed by atoms with E-state index < -0.39 is 0 Å². The van der Waals surface area contributed by atoms with Crippen LogP contribution in [0, 0.1) is 22.7 Å². The Labute approximate surface area is 213 Å². The summed E-state index contributed by atoms with van der Waals surface area (Å²) in [6, 6.07) is 11.6. The Balaban J connectivity index is 1.30. The molecule has 2 aliphatic rings. The van der Waals surface area contributed by atoms with Gasteiger partial charge in [0.25, 0.3) is 0 Å². The quantitative estimate of drug-likeness (QED) is 0.324. The highest BCUT2D eigenvalue weighted by atomic mass is 14.9. The van der Waals surface area contributed by atoms with Crippen LogP contribution in [-0.4, -0.2) is 9.97 Å². The van der Waals surface area contributed by atoms with E-state index in [1.807, 2.05) is 0 Å². The lowest BCUT2D eigenvalue weighted by Crippen LogP contribution is -2.25. The third-order valence-corrected chi connectivity index (χ3v) is 9.03. The highest BCUT2D eigenvalue weighted by molar-refractivity contribution is 5.55. The van der Waals surface area contributed by atoms with Crippen LogP contribution in [0.3, 0.4) is 0 Å². The van der Waals surface area contributed by atoms with E-state index >= 15 is 0 Å². The lowest BCUT2D eigenvalue weighted by molar-refractivity contribution is 0.223. The molecule has 2 aliphatic carbocycles. The zero-order valence-electron chi connectivity index (χ0n) is 22.1. The van der Waals surface area contributed by atoms with Crippen molar-refractivity contribution >= 4 is 0 Å². The molecule has 1 heterocycles. The van der Waals surface area contributed by atoms with Crippen molar-refractivity contribution in [1.29, 1.82) is 5.26 Å². The maximum absolute atomic E-state index is 9.84. The first-order chi connectivity index (χ1) is 17.2. The van der Waals surface area contributed by atoms with Gasteiger partial charge in [0.05, 0.1) is 11.5 Å². The first-order valence-electron chi connectivity index (χ1n) is 14.5. The van der Waals surface area contributed by atoms with Crippen LogP contribution in [0.4, 0.5) is 0 Å². The Kier molecular flexibility index (Phi) is 9.36. The number of benzene rings is 1. The van der Waals surface area contributed by atoms with Gasteiger partial charge in [0.15, 0.2) is 5.82 Å². The van der Waals surface area contributed by atoms with E-state index in [-0.39, 0.29) is 5.41 Å². The van der Waals surface area contributed by atoms with Crippen molar-refractivity contribution in [2.24, 2.45) is 11.3 Å². The fourth-order valence-electron chi connectivity index (χ4n) is 6.51. The van der Waals surface area contributed by atoms with Crippen LogP contribution in [-0.2, 0) is 0 Å². The van der Waals surface area contributed by atoms with Gasteiger partial charge in [-0.2, -0.15) is 5.26 Å². The number of hydrogen-bond acceptors (Lipinski definition) is 3. The van der Waals surface area contributed by atoms with E-state index in [0.29, 0.717) is 11.8 Å². The molecule has 0 saturated heterocycles. The fourth-order valence-corrected chi connectivity index (χ4v) is 6.51. The van der Waals surface area contributed by atoms with Gasteiger partial charge in [-0.1, -0.05) is 76.6 Å². The molecule has 0 spiro atoms. The predicted octanol–water partition coefficient (Wildman–Crippen LogP) is 9.36. The minimum absolute atomic E-state index is 0.0735. The summed E-state index contributed by atoms with van der Waals surface area (Å²) in [5.74, 6) is 2.98. The van der Waals surface area contributed by atoms with Gasteiger partial charge in [0.2, 0.25) is 0 Å². The molecular formula is C32H45N3. The summed E-state index contributed by atoms with van der Waals surface area (Å²) in [6.45, 7) is 4.53. The van der Waals surface area contributed by atoms with E-state index in [4.69, 9.17) is 9.97 Å². The Morgan fingerprint density at radius 1 is 0.800 bits per heavy atom. The van der Waals surface area contributed by atoms with Crippen molar-refractivity contribution in [3.05, 3.63) is 47.8 Å². The second kappa shape index (κ2) is 12.7. The van der Waals surface area contributed by atoms with Crippen molar-refractivity contribution in [3.63, 3.8) is 0 Å². The van der Waals surface area contributed by atoms with Gasteiger partial charge in [0, 0.05) is 18.0 Å². The maximum Gasteiger partial charge on any atom is 0.159 e. The van der Waals surface area contributed by atoms with Crippen LogP contribution in [0.25, 0.3) is 11.4 Å². The molecule has 0 radical (unpaired) electrons. The zero-order valence-corrected chi connectivity index (χ0v) is 22.1. The molecule has 3 heteroatoms. The van der Waals surface area contributed by atoms with Crippen molar-refractivity contribution in [2.75, 3.05) is 0 Å². The summed E-state index contributed by atoms with van der Waals surface area (Å²) in [5, 5.41) is 9.84. The Bertz CT molecular complexity index is 924. The number of unbranched alkanes of at least 4 members (excludes halogenated alkanes) is 3. The maximum atomic E-state index is 9.84. The minimum atomic E-state index is -0.0735. The molecule has 1 aromatic heterocycles. The summed E-state index contributed by atoms with van der Waals surface area (Å²) in [5.41, 5.74) is 3.76. The van der Waals surface area contributed by atoms with E-state index in [9.17, 15) is 5.26 Å². The molecule has 0 aliphatic heterocycles. The third kappa shape index (κ3) is 6.72. The second-order valence-corrected chi connectivity index (χ2v) is 11.4. The molecule has 2 fully saturated rings. The third-order valence-electron chi connectivity index (χ3n) is 9.03. The van der Waals surface area contributed by atoms with Gasteiger partial charge in [-0.15, -0.1) is 0 Å². The molecule has 0 bridgehead atoms. The minimum Gasteiger partial charge on any atom is -0.236 e. The highest BCUT2D eigenvalue weighted by Gasteiger charge is 2.35. The van der Waals surface area contributed by atoms with E-state index in [1.54, 1.807) is 0 Å². The van der Waals surface area contributed by atoms with E-state index in [2.05, 4.69) is 56.6 Å². The van der Waals surface area contributed by atoms with Crippen molar-refractivity contribution in [1.82, 2.24) is 9.97 Å². The Morgan fingerprint density at radius 2 is 1.43 bits per heavy atom. The summed E-state index contributed by atoms with van der Waals surface area (Å²) < 4.78 is 0. The second-order valence-electron chi connectivity index (χ2n) is 11.4. The summed E-state index contributed by atoms with van der Waals surface area (Å²) in [6.07, 6.45) is 22.7. The summed E-state index contributed by atoms with van der Waals surface area (Å²) in [7, 11) is 0. The average molecular weight is 472 g/mol. The summed E-state index contributed by atoms with van der Waals surface area (Å²) >= 11 is 0. The summed E-state index contributed by atoms with van der Waals surface area (Å²) in [4.78, 5) is 9.51. The van der Waals surface area contributed by atoms with Crippen LogP contribution < -0.4 is 0 Å². The average Bonchev–Trinajstić information content (AvgIpc) is 2.93. The molecule has 3 nitrogen and oxygen atoms in total. The van der Waals surface area contributed by atoms with E-state index in [1.165, 1.54) is 75.3 Å². The predicted molar refractivity (Wildman–Crippen MR) is 145 cm³/mol. The fraction of sp³-hybridized carbons (Fsp3) is 0.656. The number of rotatable bonds is 10. The van der Waals surface area contributed by atoms with Gasteiger partial charge in [-0.3, -0.25) is 0 Å². The molecule has 188 valence electrons. The smallest absolute Gasteiger partial charge is 0.159 e. The van der Waals surface area contributed by atoms with Crippen molar-refractivity contribution in [3.8, 4) is 17.5 Å². The lowest BCUT2D eigenvalue weighted by atomic mass is 9.67. The standard InChI is InChI=1S/C32H45N3/c1-3-5-7-19-32(24-33)20-17-28(18-21-32)26-13-15-29(16-14-26)31-34-22-30(23-35-31)27-11-9-25(10-12-27)8-6-4-2/h13-16,22-23,25,27-28H,3-12,17-21H2,1-2H3/t25-,27-,28-,32-. The molecule has 2 saturated carbocycles.